The van der Waals surface area contributed by atoms with Gasteiger partial charge in [0.25, 0.3) is 0 Å². The number of anilines is 1. The zero-order valence-electron chi connectivity index (χ0n) is 10.0. The molecule has 2 aromatic rings. The molecule has 0 aliphatic carbocycles. The fourth-order valence-electron chi connectivity index (χ4n) is 1.56. The molecule has 18 heavy (non-hydrogen) atoms. The van der Waals surface area contributed by atoms with Crippen LogP contribution in [0.5, 0.6) is 11.5 Å². The van der Waals surface area contributed by atoms with Crippen molar-refractivity contribution >= 4 is 17.3 Å². The second-order valence-electron chi connectivity index (χ2n) is 3.78. The summed E-state index contributed by atoms with van der Waals surface area (Å²) < 4.78 is 10.7. The van der Waals surface area contributed by atoms with Crippen LogP contribution in [0.4, 0.5) is 5.69 Å². The molecule has 0 spiro atoms. The Kier molecular flexibility index (Phi) is 3.95. The van der Waals surface area contributed by atoms with Crippen LogP contribution in [0.25, 0.3) is 0 Å². The predicted octanol–water partition coefficient (Wildman–Crippen LogP) is 3.51. The highest BCUT2D eigenvalue weighted by molar-refractivity contribution is 6.31. The Bertz CT molecular complexity index is 543. The maximum atomic E-state index is 6.05. The fourth-order valence-corrected chi connectivity index (χ4v) is 1.75. The topological polar surface area (TPSA) is 44.5 Å². The van der Waals surface area contributed by atoms with Crippen molar-refractivity contribution in [3.05, 3.63) is 53.1 Å². The third-order valence-corrected chi connectivity index (χ3v) is 2.93. The molecule has 0 aromatic heterocycles. The molecule has 4 heteroatoms. The van der Waals surface area contributed by atoms with Gasteiger partial charge in [-0.15, -0.1) is 0 Å². The van der Waals surface area contributed by atoms with E-state index in [1.807, 2.05) is 24.3 Å². The van der Waals surface area contributed by atoms with E-state index in [1.165, 1.54) is 0 Å². The molecule has 2 rings (SSSR count). The molecule has 2 N–H and O–H groups in total. The summed E-state index contributed by atoms with van der Waals surface area (Å²) in [6, 6.07) is 12.9. The van der Waals surface area contributed by atoms with Gasteiger partial charge in [0.2, 0.25) is 0 Å². The van der Waals surface area contributed by atoms with Crippen LogP contribution in [-0.2, 0) is 6.61 Å². The summed E-state index contributed by atoms with van der Waals surface area (Å²) in [5.74, 6) is 1.33. The molecule has 0 amide bonds. The Morgan fingerprint density at radius 1 is 1.17 bits per heavy atom. The lowest BCUT2D eigenvalue weighted by molar-refractivity contribution is 0.307. The molecule has 0 saturated carbocycles. The molecule has 2 aromatic carbocycles. The molecule has 0 radical (unpaired) electrons. The molecule has 94 valence electrons. The van der Waals surface area contributed by atoms with E-state index in [-0.39, 0.29) is 0 Å². The minimum absolute atomic E-state index is 0.385. The molecule has 0 fully saturated rings. The van der Waals surface area contributed by atoms with Crippen molar-refractivity contribution in [2.24, 2.45) is 0 Å². The summed E-state index contributed by atoms with van der Waals surface area (Å²) in [5, 5.41) is 0.685. The van der Waals surface area contributed by atoms with Gasteiger partial charge in [-0.2, -0.15) is 0 Å². The SMILES string of the molecule is COc1ccc(OCc2ccccc2Cl)c(N)c1. The lowest BCUT2D eigenvalue weighted by Crippen LogP contribution is -1.99. The summed E-state index contributed by atoms with van der Waals surface area (Å²) in [7, 11) is 1.60. The average molecular weight is 264 g/mol. The Hall–Kier alpha value is -1.87. The number of nitrogens with two attached hydrogens (primary N) is 1. The van der Waals surface area contributed by atoms with E-state index >= 15 is 0 Å². The number of nitrogen functional groups attached to an aromatic ring is 1. The van der Waals surface area contributed by atoms with Gasteiger partial charge in [-0.3, -0.25) is 0 Å². The molecule has 0 aliphatic rings. The number of methoxy groups -OCH3 is 1. The maximum Gasteiger partial charge on any atom is 0.142 e. The Morgan fingerprint density at radius 2 is 1.94 bits per heavy atom. The van der Waals surface area contributed by atoms with Crippen LogP contribution in [0.3, 0.4) is 0 Å². The highest BCUT2D eigenvalue weighted by Crippen LogP contribution is 2.27. The smallest absolute Gasteiger partial charge is 0.142 e. The van der Waals surface area contributed by atoms with Crippen LogP contribution in [0.1, 0.15) is 5.56 Å². The zero-order valence-corrected chi connectivity index (χ0v) is 10.8. The average Bonchev–Trinajstić information content (AvgIpc) is 2.39. The third kappa shape index (κ3) is 2.87. The number of hydrogen-bond acceptors (Lipinski definition) is 3. The summed E-state index contributed by atoms with van der Waals surface area (Å²) in [6.07, 6.45) is 0. The minimum Gasteiger partial charge on any atom is -0.497 e. The van der Waals surface area contributed by atoms with E-state index in [0.29, 0.717) is 28.8 Å². The fraction of sp³-hybridized carbons (Fsp3) is 0.143. The molecule has 0 saturated heterocycles. The van der Waals surface area contributed by atoms with Crippen molar-refractivity contribution in [1.29, 1.82) is 0 Å². The maximum absolute atomic E-state index is 6.05. The lowest BCUT2D eigenvalue weighted by atomic mass is 10.2. The van der Waals surface area contributed by atoms with E-state index in [2.05, 4.69) is 0 Å². The standard InChI is InChI=1S/C14H14ClNO2/c1-17-11-6-7-14(13(16)8-11)18-9-10-4-2-3-5-12(10)15/h2-8H,9,16H2,1H3. The first-order chi connectivity index (χ1) is 8.70. The van der Waals surface area contributed by atoms with Crippen LogP contribution in [0.15, 0.2) is 42.5 Å². The molecule has 0 heterocycles. The number of rotatable bonds is 4. The van der Waals surface area contributed by atoms with Crippen molar-refractivity contribution in [1.82, 2.24) is 0 Å². The molecule has 0 atom stereocenters. The van der Waals surface area contributed by atoms with E-state index in [4.69, 9.17) is 26.8 Å². The molecular formula is C14H14ClNO2. The Morgan fingerprint density at radius 3 is 2.61 bits per heavy atom. The third-order valence-electron chi connectivity index (χ3n) is 2.56. The molecular weight excluding hydrogens is 250 g/mol. The highest BCUT2D eigenvalue weighted by Gasteiger charge is 2.04. The molecule has 0 aliphatic heterocycles. The first kappa shape index (κ1) is 12.6. The minimum atomic E-state index is 0.385. The normalized spacial score (nSPS) is 10.1. The summed E-state index contributed by atoms with van der Waals surface area (Å²) in [5.41, 5.74) is 7.33. The van der Waals surface area contributed by atoms with Crippen molar-refractivity contribution in [2.75, 3.05) is 12.8 Å². The quantitative estimate of drug-likeness (QED) is 0.859. The van der Waals surface area contributed by atoms with E-state index in [9.17, 15) is 0 Å². The first-order valence-electron chi connectivity index (χ1n) is 5.50. The van der Waals surface area contributed by atoms with Crippen molar-refractivity contribution in [3.63, 3.8) is 0 Å². The van der Waals surface area contributed by atoms with Crippen LogP contribution >= 0.6 is 11.6 Å². The van der Waals surface area contributed by atoms with Gasteiger partial charge in [0.05, 0.1) is 12.8 Å². The van der Waals surface area contributed by atoms with Gasteiger partial charge in [-0.05, 0) is 18.2 Å². The largest absolute Gasteiger partial charge is 0.497 e. The second-order valence-corrected chi connectivity index (χ2v) is 4.19. The molecule has 3 nitrogen and oxygen atoms in total. The van der Waals surface area contributed by atoms with Crippen molar-refractivity contribution in [3.8, 4) is 11.5 Å². The van der Waals surface area contributed by atoms with Gasteiger partial charge in [0.1, 0.15) is 18.1 Å². The van der Waals surface area contributed by atoms with Gasteiger partial charge < -0.3 is 15.2 Å². The Balaban J connectivity index is 2.09. The monoisotopic (exact) mass is 263 g/mol. The van der Waals surface area contributed by atoms with Crippen molar-refractivity contribution < 1.29 is 9.47 Å². The van der Waals surface area contributed by atoms with Gasteiger partial charge in [-0.25, -0.2) is 0 Å². The van der Waals surface area contributed by atoms with Gasteiger partial charge in [-0.1, -0.05) is 29.8 Å². The number of ether oxygens (including phenoxy) is 2. The predicted molar refractivity (Wildman–Crippen MR) is 73.2 cm³/mol. The van der Waals surface area contributed by atoms with Gasteiger partial charge in [0, 0.05) is 16.7 Å². The number of benzene rings is 2. The van der Waals surface area contributed by atoms with Crippen LogP contribution < -0.4 is 15.2 Å². The van der Waals surface area contributed by atoms with Crippen LogP contribution in [0.2, 0.25) is 5.02 Å². The Labute approximate surface area is 111 Å². The summed E-state index contributed by atoms with van der Waals surface area (Å²) in [4.78, 5) is 0. The lowest BCUT2D eigenvalue weighted by Gasteiger charge is -2.10. The first-order valence-corrected chi connectivity index (χ1v) is 5.88. The van der Waals surface area contributed by atoms with Gasteiger partial charge >= 0.3 is 0 Å². The molecule has 0 bridgehead atoms. The zero-order chi connectivity index (χ0) is 13.0. The van der Waals surface area contributed by atoms with E-state index in [1.54, 1.807) is 25.3 Å². The van der Waals surface area contributed by atoms with Crippen molar-refractivity contribution in [2.45, 2.75) is 6.61 Å². The van der Waals surface area contributed by atoms with Gasteiger partial charge in [0.15, 0.2) is 0 Å². The summed E-state index contributed by atoms with van der Waals surface area (Å²) in [6.45, 7) is 0.385. The highest BCUT2D eigenvalue weighted by atomic mass is 35.5. The molecule has 0 unspecified atom stereocenters. The van der Waals surface area contributed by atoms with Crippen LogP contribution in [-0.4, -0.2) is 7.11 Å². The number of hydrogen-bond donors (Lipinski definition) is 1. The van der Waals surface area contributed by atoms with E-state index < -0.39 is 0 Å². The number of halogens is 1. The summed E-state index contributed by atoms with van der Waals surface area (Å²) >= 11 is 6.05. The second kappa shape index (κ2) is 5.65. The van der Waals surface area contributed by atoms with Crippen LogP contribution in [0, 0.1) is 0 Å². The van der Waals surface area contributed by atoms with E-state index in [0.717, 1.165) is 5.56 Å².